The molecule has 0 aliphatic rings. The molecule has 0 saturated carbocycles. The van der Waals surface area contributed by atoms with Gasteiger partial charge in [-0.1, -0.05) is 64.6 Å². The molecule has 5 N–H and O–H groups in total. The predicted octanol–water partition coefficient (Wildman–Crippen LogP) is 8.18. The number of amides is 3. The van der Waals surface area contributed by atoms with Crippen LogP contribution in [0.3, 0.4) is 0 Å². The van der Waals surface area contributed by atoms with E-state index in [4.69, 9.17) is 52.1 Å². The first-order chi connectivity index (χ1) is 20.6. The van der Waals surface area contributed by atoms with E-state index in [2.05, 4.69) is 25.9 Å². The number of rotatable bonds is 6. The highest BCUT2D eigenvalue weighted by molar-refractivity contribution is 7.12. The highest BCUT2D eigenvalue weighted by Gasteiger charge is 2.16. The number of aromatic nitrogens is 2. The first kappa shape index (κ1) is 31.7. The average molecular weight is 674 g/mol. The van der Waals surface area contributed by atoms with Crippen molar-refractivity contribution in [3.8, 4) is 0 Å². The number of nitrogens with two attached hydrogens (primary N) is 1. The van der Waals surface area contributed by atoms with Crippen molar-refractivity contribution < 1.29 is 14.4 Å². The number of carbonyl (C=O) groups excluding carboxylic acids is 3. The first-order valence-corrected chi connectivity index (χ1v) is 14.5. The summed E-state index contributed by atoms with van der Waals surface area (Å²) >= 11 is 25.3. The van der Waals surface area contributed by atoms with Gasteiger partial charge >= 0.3 is 0 Å². The molecule has 3 heterocycles. The number of halogens is 4. The number of nitrogens with one attached hydrogen (secondary N) is 3. The van der Waals surface area contributed by atoms with Crippen LogP contribution in [0.5, 0.6) is 0 Å². The second-order valence-electron chi connectivity index (χ2n) is 8.43. The van der Waals surface area contributed by atoms with Gasteiger partial charge in [-0.2, -0.15) is 0 Å². The molecular weight excluding hydrogens is 654 g/mol. The van der Waals surface area contributed by atoms with Gasteiger partial charge in [-0.25, -0.2) is 9.97 Å². The Balaban J connectivity index is 0.000000208. The number of hydrogen-bond donors (Lipinski definition) is 4. The van der Waals surface area contributed by atoms with Gasteiger partial charge in [0.05, 0.1) is 36.1 Å². The summed E-state index contributed by atoms with van der Waals surface area (Å²) in [5.74, 6) is -0.465. The maximum absolute atomic E-state index is 12.4. The van der Waals surface area contributed by atoms with E-state index in [1.807, 2.05) is 5.38 Å². The highest BCUT2D eigenvalue weighted by Crippen LogP contribution is 2.27. The summed E-state index contributed by atoms with van der Waals surface area (Å²) < 4.78 is 0. The molecule has 0 fully saturated rings. The number of pyridine rings is 2. The quantitative estimate of drug-likeness (QED) is 0.143. The number of anilines is 4. The normalized spacial score (nSPS) is 10.2. The molecule has 5 aromatic rings. The van der Waals surface area contributed by atoms with E-state index in [9.17, 15) is 14.4 Å². The minimum Gasteiger partial charge on any atom is -0.384 e. The molecule has 0 bridgehead atoms. The Kier molecular flexibility index (Phi) is 10.9. The molecule has 0 aliphatic heterocycles. The number of nitrogen functional groups attached to an aromatic ring is 1. The molecule has 3 aromatic heterocycles. The van der Waals surface area contributed by atoms with E-state index >= 15 is 0 Å². The Hall–Kier alpha value is -4.19. The van der Waals surface area contributed by atoms with Crippen molar-refractivity contribution in [2.24, 2.45) is 0 Å². The summed E-state index contributed by atoms with van der Waals surface area (Å²) in [6.45, 7) is 0. The van der Waals surface area contributed by atoms with Crippen LogP contribution in [-0.4, -0.2) is 27.7 Å². The minimum absolute atomic E-state index is 0.187. The van der Waals surface area contributed by atoms with Crippen LogP contribution < -0.4 is 21.7 Å². The van der Waals surface area contributed by atoms with E-state index < -0.39 is 11.8 Å². The molecule has 0 saturated heterocycles. The SMILES string of the molecule is Nc1cc(NC(=O)c2c(Cl)cccc2Cl)ccn1.O=C(Nc1cc(NC(=O)c2c(Cl)cccc2Cl)ccn1)c1cccs1. The van der Waals surface area contributed by atoms with Crippen molar-refractivity contribution in [1.82, 2.24) is 9.97 Å². The van der Waals surface area contributed by atoms with Crippen molar-refractivity contribution in [3.05, 3.63) is 127 Å². The fourth-order valence-electron chi connectivity index (χ4n) is 3.51. The third-order valence-corrected chi connectivity index (χ3v) is 7.55. The number of carbonyl (C=O) groups is 3. The lowest BCUT2D eigenvalue weighted by Crippen LogP contribution is -2.15. The third kappa shape index (κ3) is 8.66. The summed E-state index contributed by atoms with van der Waals surface area (Å²) in [6, 6.07) is 19.5. The van der Waals surface area contributed by atoms with Crippen LogP contribution in [0.1, 0.15) is 30.4 Å². The first-order valence-electron chi connectivity index (χ1n) is 12.2. The van der Waals surface area contributed by atoms with Crippen molar-refractivity contribution >= 4 is 98.5 Å². The maximum atomic E-state index is 12.4. The summed E-state index contributed by atoms with van der Waals surface area (Å²) in [5.41, 5.74) is 6.92. The van der Waals surface area contributed by atoms with Gasteiger partial charge in [0.1, 0.15) is 11.6 Å². The largest absolute Gasteiger partial charge is 0.384 e. The lowest BCUT2D eigenvalue weighted by molar-refractivity contribution is 0.101. The van der Waals surface area contributed by atoms with Crippen molar-refractivity contribution in [2.45, 2.75) is 0 Å². The monoisotopic (exact) mass is 672 g/mol. The summed E-state index contributed by atoms with van der Waals surface area (Å²) in [6.07, 6.45) is 2.98. The lowest BCUT2D eigenvalue weighted by Gasteiger charge is -2.09. The lowest BCUT2D eigenvalue weighted by atomic mass is 10.2. The van der Waals surface area contributed by atoms with Crippen molar-refractivity contribution in [3.63, 3.8) is 0 Å². The molecule has 14 heteroatoms. The molecular formula is C29H20Cl4N6O3S. The van der Waals surface area contributed by atoms with Gasteiger partial charge < -0.3 is 21.7 Å². The van der Waals surface area contributed by atoms with Gasteiger partial charge in [-0.15, -0.1) is 11.3 Å². The molecule has 43 heavy (non-hydrogen) atoms. The standard InChI is InChI=1S/C17H11Cl2N3O2S.C12H9Cl2N3O/c18-11-3-1-4-12(19)15(11)17(24)21-10-6-7-20-14(9-10)22-16(23)13-5-2-8-25-13;13-8-2-1-3-9(14)11(8)12(18)17-7-4-5-16-10(15)6-7/h1-9H,(H2,20,21,22,23,24);1-6H,(H3,15,16,17,18). The van der Waals surface area contributed by atoms with Crippen LogP contribution >= 0.6 is 57.7 Å². The van der Waals surface area contributed by atoms with Crippen LogP contribution in [0.2, 0.25) is 20.1 Å². The minimum atomic E-state index is -0.447. The van der Waals surface area contributed by atoms with E-state index in [1.54, 1.807) is 72.8 Å². The Morgan fingerprint density at radius 1 is 0.628 bits per heavy atom. The molecule has 3 amide bonds. The summed E-state index contributed by atoms with van der Waals surface area (Å²) in [5, 5.41) is 10.9. The van der Waals surface area contributed by atoms with Crippen LogP contribution in [-0.2, 0) is 0 Å². The van der Waals surface area contributed by atoms with E-state index in [0.717, 1.165) is 0 Å². The fourth-order valence-corrected chi connectivity index (χ4v) is 5.26. The maximum Gasteiger partial charge on any atom is 0.266 e. The molecule has 0 spiro atoms. The third-order valence-electron chi connectivity index (χ3n) is 5.42. The van der Waals surface area contributed by atoms with E-state index in [0.29, 0.717) is 37.9 Å². The van der Waals surface area contributed by atoms with Gasteiger partial charge in [-0.3, -0.25) is 14.4 Å². The molecule has 0 aliphatic carbocycles. The Morgan fingerprint density at radius 2 is 1.14 bits per heavy atom. The van der Waals surface area contributed by atoms with E-state index in [1.165, 1.54) is 23.7 Å². The average Bonchev–Trinajstić information content (AvgIpc) is 3.49. The topological polar surface area (TPSA) is 139 Å². The molecule has 9 nitrogen and oxygen atoms in total. The molecule has 218 valence electrons. The van der Waals surface area contributed by atoms with Crippen molar-refractivity contribution in [2.75, 3.05) is 21.7 Å². The number of benzene rings is 2. The molecule has 5 rings (SSSR count). The molecule has 0 atom stereocenters. The van der Waals surface area contributed by atoms with Gasteiger partial charge in [0.15, 0.2) is 0 Å². The number of thiophene rings is 1. The molecule has 0 radical (unpaired) electrons. The summed E-state index contributed by atoms with van der Waals surface area (Å²) in [7, 11) is 0. The molecule has 0 unspecified atom stereocenters. The van der Waals surface area contributed by atoms with Crippen LogP contribution in [0.25, 0.3) is 0 Å². The second-order valence-corrected chi connectivity index (χ2v) is 11.0. The Bertz CT molecular complexity index is 1750. The summed E-state index contributed by atoms with van der Waals surface area (Å²) in [4.78, 5) is 44.9. The van der Waals surface area contributed by atoms with Gasteiger partial charge in [0, 0.05) is 35.9 Å². The molecule has 2 aromatic carbocycles. The zero-order chi connectivity index (χ0) is 30.9. The number of hydrogen-bond acceptors (Lipinski definition) is 7. The van der Waals surface area contributed by atoms with Crippen LogP contribution in [0.4, 0.5) is 23.0 Å². The smallest absolute Gasteiger partial charge is 0.266 e. The predicted molar refractivity (Wildman–Crippen MR) is 174 cm³/mol. The zero-order valence-corrected chi connectivity index (χ0v) is 25.6. The zero-order valence-electron chi connectivity index (χ0n) is 21.8. The van der Waals surface area contributed by atoms with E-state index in [-0.39, 0.29) is 27.1 Å². The fraction of sp³-hybridized carbons (Fsp3) is 0. The Morgan fingerprint density at radius 3 is 1.63 bits per heavy atom. The van der Waals surface area contributed by atoms with Gasteiger partial charge in [0.25, 0.3) is 17.7 Å². The van der Waals surface area contributed by atoms with Crippen LogP contribution in [0.15, 0.2) is 90.6 Å². The van der Waals surface area contributed by atoms with Crippen LogP contribution in [0, 0.1) is 0 Å². The Labute approximate surface area is 270 Å². The number of nitrogens with zero attached hydrogens (tertiary/aromatic N) is 2. The van der Waals surface area contributed by atoms with Gasteiger partial charge in [-0.05, 0) is 47.8 Å². The van der Waals surface area contributed by atoms with Crippen molar-refractivity contribution in [1.29, 1.82) is 0 Å². The second kappa shape index (κ2) is 14.8. The van der Waals surface area contributed by atoms with Gasteiger partial charge in [0.2, 0.25) is 0 Å². The highest BCUT2D eigenvalue weighted by atomic mass is 35.5.